The number of nitrogens with one attached hydrogen (secondary N) is 1. The summed E-state index contributed by atoms with van der Waals surface area (Å²) in [4.78, 5) is 22.4. The van der Waals surface area contributed by atoms with E-state index in [2.05, 4.69) is 5.32 Å². The van der Waals surface area contributed by atoms with E-state index in [1.165, 1.54) is 6.07 Å². The maximum atomic E-state index is 11.4. The van der Waals surface area contributed by atoms with Crippen LogP contribution in [0.2, 0.25) is 0 Å². The van der Waals surface area contributed by atoms with E-state index in [0.29, 0.717) is 11.3 Å². The van der Waals surface area contributed by atoms with Gasteiger partial charge in [0, 0.05) is 11.3 Å². The fourth-order valence-corrected chi connectivity index (χ4v) is 1.19. The first kappa shape index (κ1) is 13.2. The summed E-state index contributed by atoms with van der Waals surface area (Å²) in [6.07, 6.45) is -0.00213. The third kappa shape index (κ3) is 4.65. The van der Waals surface area contributed by atoms with Crippen molar-refractivity contribution < 1.29 is 14.3 Å². The van der Waals surface area contributed by atoms with E-state index >= 15 is 0 Å². The van der Waals surface area contributed by atoms with E-state index in [9.17, 15) is 9.59 Å². The Morgan fingerprint density at radius 3 is 2.71 bits per heavy atom. The molecule has 0 aliphatic heterocycles. The van der Waals surface area contributed by atoms with Gasteiger partial charge in [0.15, 0.2) is 0 Å². The highest BCUT2D eigenvalue weighted by Crippen LogP contribution is 2.10. The first-order chi connectivity index (χ1) is 7.99. The SMILES string of the molecule is CC(C)OCC(=O)Nc1cccc(C(N)=O)c1. The molecule has 0 unspecified atom stereocenters. The molecule has 0 saturated carbocycles. The molecule has 5 heteroatoms. The predicted octanol–water partition coefficient (Wildman–Crippen LogP) is 1.15. The van der Waals surface area contributed by atoms with Crippen LogP contribution in [0, 0.1) is 0 Å². The maximum absolute atomic E-state index is 11.4. The zero-order chi connectivity index (χ0) is 12.8. The van der Waals surface area contributed by atoms with E-state index in [1.807, 2.05) is 13.8 Å². The van der Waals surface area contributed by atoms with E-state index in [4.69, 9.17) is 10.5 Å². The van der Waals surface area contributed by atoms with Crippen LogP contribution < -0.4 is 11.1 Å². The molecule has 0 aliphatic rings. The van der Waals surface area contributed by atoms with Gasteiger partial charge in [-0.05, 0) is 32.0 Å². The van der Waals surface area contributed by atoms with Crippen molar-refractivity contribution in [2.75, 3.05) is 11.9 Å². The van der Waals surface area contributed by atoms with E-state index in [-0.39, 0.29) is 18.6 Å². The maximum Gasteiger partial charge on any atom is 0.250 e. The van der Waals surface area contributed by atoms with E-state index in [0.717, 1.165) is 0 Å². The van der Waals surface area contributed by atoms with Crippen molar-refractivity contribution in [3.63, 3.8) is 0 Å². The zero-order valence-electron chi connectivity index (χ0n) is 9.90. The summed E-state index contributed by atoms with van der Waals surface area (Å²) < 4.78 is 5.15. The number of carbonyl (C=O) groups is 2. The lowest BCUT2D eigenvalue weighted by Gasteiger charge is -2.08. The van der Waals surface area contributed by atoms with Crippen molar-refractivity contribution >= 4 is 17.5 Å². The Labute approximate surface area is 99.9 Å². The van der Waals surface area contributed by atoms with Gasteiger partial charge in [-0.25, -0.2) is 0 Å². The van der Waals surface area contributed by atoms with Crippen molar-refractivity contribution in [2.24, 2.45) is 5.73 Å². The van der Waals surface area contributed by atoms with Gasteiger partial charge in [-0.15, -0.1) is 0 Å². The average Bonchev–Trinajstić information content (AvgIpc) is 2.26. The summed E-state index contributed by atoms with van der Waals surface area (Å²) in [6.45, 7) is 3.68. The lowest BCUT2D eigenvalue weighted by molar-refractivity contribution is -0.121. The van der Waals surface area contributed by atoms with Crippen LogP contribution in [0.15, 0.2) is 24.3 Å². The topological polar surface area (TPSA) is 81.4 Å². The Morgan fingerprint density at radius 1 is 1.41 bits per heavy atom. The van der Waals surface area contributed by atoms with Gasteiger partial charge in [0.1, 0.15) is 6.61 Å². The van der Waals surface area contributed by atoms with Crippen LogP contribution in [0.25, 0.3) is 0 Å². The molecule has 0 aromatic heterocycles. The Balaban J connectivity index is 2.59. The van der Waals surface area contributed by atoms with Crippen LogP contribution in [-0.4, -0.2) is 24.5 Å². The molecule has 92 valence electrons. The van der Waals surface area contributed by atoms with Gasteiger partial charge in [0.05, 0.1) is 6.10 Å². The molecule has 0 saturated heterocycles. The van der Waals surface area contributed by atoms with Crippen molar-refractivity contribution in [1.29, 1.82) is 0 Å². The monoisotopic (exact) mass is 236 g/mol. The average molecular weight is 236 g/mol. The van der Waals surface area contributed by atoms with Gasteiger partial charge in [-0.3, -0.25) is 9.59 Å². The normalized spacial score (nSPS) is 10.3. The van der Waals surface area contributed by atoms with Crippen LogP contribution in [-0.2, 0) is 9.53 Å². The molecule has 2 amide bonds. The second-order valence-electron chi connectivity index (χ2n) is 3.85. The molecule has 0 aliphatic carbocycles. The summed E-state index contributed by atoms with van der Waals surface area (Å²) in [6, 6.07) is 6.44. The van der Waals surface area contributed by atoms with E-state index < -0.39 is 5.91 Å². The zero-order valence-corrected chi connectivity index (χ0v) is 9.90. The van der Waals surface area contributed by atoms with Crippen molar-refractivity contribution in [3.05, 3.63) is 29.8 Å². The van der Waals surface area contributed by atoms with Gasteiger partial charge >= 0.3 is 0 Å². The number of amides is 2. The number of primary amides is 1. The van der Waals surface area contributed by atoms with Crippen LogP contribution in [0.5, 0.6) is 0 Å². The third-order valence-electron chi connectivity index (χ3n) is 1.98. The van der Waals surface area contributed by atoms with Gasteiger partial charge < -0.3 is 15.8 Å². The molecular weight excluding hydrogens is 220 g/mol. The van der Waals surface area contributed by atoms with Crippen LogP contribution in [0.4, 0.5) is 5.69 Å². The van der Waals surface area contributed by atoms with Gasteiger partial charge in [-0.1, -0.05) is 6.07 Å². The fourth-order valence-electron chi connectivity index (χ4n) is 1.19. The fraction of sp³-hybridized carbons (Fsp3) is 0.333. The smallest absolute Gasteiger partial charge is 0.250 e. The first-order valence-corrected chi connectivity index (χ1v) is 5.30. The Hall–Kier alpha value is -1.88. The molecule has 3 N–H and O–H groups in total. The summed E-state index contributed by atoms with van der Waals surface area (Å²) in [7, 11) is 0. The lowest BCUT2D eigenvalue weighted by atomic mass is 10.2. The quantitative estimate of drug-likeness (QED) is 0.804. The Morgan fingerprint density at radius 2 is 2.12 bits per heavy atom. The van der Waals surface area contributed by atoms with E-state index in [1.54, 1.807) is 18.2 Å². The molecule has 0 bridgehead atoms. The van der Waals surface area contributed by atoms with Crippen LogP contribution >= 0.6 is 0 Å². The molecule has 1 aromatic carbocycles. The predicted molar refractivity (Wildman–Crippen MR) is 64.7 cm³/mol. The molecule has 0 heterocycles. The van der Waals surface area contributed by atoms with Gasteiger partial charge in [0.2, 0.25) is 11.8 Å². The highest BCUT2D eigenvalue weighted by Gasteiger charge is 2.06. The number of ether oxygens (including phenoxy) is 1. The Kier molecular flexibility index (Phi) is 4.66. The largest absolute Gasteiger partial charge is 0.369 e. The van der Waals surface area contributed by atoms with Gasteiger partial charge in [0.25, 0.3) is 0 Å². The molecule has 17 heavy (non-hydrogen) atoms. The number of carbonyl (C=O) groups excluding carboxylic acids is 2. The van der Waals surface area contributed by atoms with Crippen LogP contribution in [0.3, 0.4) is 0 Å². The molecule has 0 fully saturated rings. The van der Waals surface area contributed by atoms with Crippen molar-refractivity contribution in [2.45, 2.75) is 20.0 Å². The molecule has 0 atom stereocenters. The number of benzene rings is 1. The summed E-state index contributed by atoms with van der Waals surface area (Å²) in [5, 5.41) is 2.62. The highest BCUT2D eigenvalue weighted by molar-refractivity contribution is 5.96. The number of rotatable bonds is 5. The van der Waals surface area contributed by atoms with Crippen LogP contribution in [0.1, 0.15) is 24.2 Å². The molecular formula is C12H16N2O3. The molecule has 5 nitrogen and oxygen atoms in total. The second-order valence-corrected chi connectivity index (χ2v) is 3.85. The number of hydrogen-bond donors (Lipinski definition) is 2. The Bertz CT molecular complexity index is 416. The van der Waals surface area contributed by atoms with Crippen molar-refractivity contribution in [1.82, 2.24) is 0 Å². The summed E-state index contributed by atoms with van der Waals surface area (Å²) >= 11 is 0. The van der Waals surface area contributed by atoms with Gasteiger partial charge in [-0.2, -0.15) is 0 Å². The number of hydrogen-bond acceptors (Lipinski definition) is 3. The molecule has 0 spiro atoms. The van der Waals surface area contributed by atoms with Crippen molar-refractivity contribution in [3.8, 4) is 0 Å². The summed E-state index contributed by atoms with van der Waals surface area (Å²) in [5.74, 6) is -0.792. The third-order valence-corrected chi connectivity index (χ3v) is 1.98. The summed E-state index contributed by atoms with van der Waals surface area (Å²) in [5.41, 5.74) is 6.02. The minimum Gasteiger partial charge on any atom is -0.369 e. The number of nitrogens with two attached hydrogens (primary N) is 1. The molecule has 0 radical (unpaired) electrons. The minimum atomic E-state index is -0.528. The first-order valence-electron chi connectivity index (χ1n) is 5.30. The standard InChI is InChI=1S/C12H16N2O3/c1-8(2)17-7-11(15)14-10-5-3-4-9(6-10)12(13)16/h3-6,8H,7H2,1-2H3,(H2,13,16)(H,14,15). The highest BCUT2D eigenvalue weighted by atomic mass is 16.5. The lowest BCUT2D eigenvalue weighted by Crippen LogP contribution is -2.21. The number of anilines is 1. The molecule has 1 aromatic rings. The second kappa shape index (κ2) is 6.00. The minimum absolute atomic E-state index is 0.00213. The molecule has 1 rings (SSSR count).